The molecule has 1 aliphatic heterocycles. The molecule has 2 saturated carbocycles. The van der Waals surface area contributed by atoms with Gasteiger partial charge in [-0.2, -0.15) is 0 Å². The molecule has 1 amide bonds. The molecule has 156 valence electrons. The van der Waals surface area contributed by atoms with Crippen molar-refractivity contribution in [2.45, 2.75) is 31.9 Å². The number of pyridine rings is 2. The lowest BCUT2D eigenvalue weighted by atomic mass is 9.73. The molecular formula is C23H20BrN5O2. The number of likely N-dealkylation sites (tertiary alicyclic amines) is 1. The molecule has 0 bridgehead atoms. The zero-order valence-electron chi connectivity index (χ0n) is 16.9. The third-order valence-corrected chi connectivity index (χ3v) is 7.29. The maximum absolute atomic E-state index is 13.7. The zero-order valence-corrected chi connectivity index (χ0v) is 18.5. The summed E-state index contributed by atoms with van der Waals surface area (Å²) < 4.78 is 7.11. The van der Waals surface area contributed by atoms with E-state index in [0.717, 1.165) is 23.0 Å². The summed E-state index contributed by atoms with van der Waals surface area (Å²) in [4.78, 5) is 33.2. The Bertz CT molecular complexity index is 1170. The van der Waals surface area contributed by atoms with Gasteiger partial charge in [0.1, 0.15) is 11.8 Å². The fourth-order valence-electron chi connectivity index (χ4n) is 5.33. The SMILES string of the molecule is Cc1cnc(-c2ncccn2)c(C(=O)N2CC3CC34CC(Oc3ccc(Br)cn3)C24)c1. The van der Waals surface area contributed by atoms with Crippen molar-refractivity contribution in [3.8, 4) is 17.4 Å². The lowest BCUT2D eigenvalue weighted by Gasteiger charge is -2.47. The summed E-state index contributed by atoms with van der Waals surface area (Å²) in [6, 6.07) is 7.49. The van der Waals surface area contributed by atoms with E-state index in [9.17, 15) is 4.79 Å². The molecule has 3 fully saturated rings. The number of hydrogen-bond donors (Lipinski definition) is 0. The van der Waals surface area contributed by atoms with Crippen molar-refractivity contribution < 1.29 is 9.53 Å². The van der Waals surface area contributed by atoms with Crippen LogP contribution >= 0.6 is 15.9 Å². The summed E-state index contributed by atoms with van der Waals surface area (Å²) >= 11 is 3.40. The van der Waals surface area contributed by atoms with Crippen LogP contribution in [-0.2, 0) is 0 Å². The van der Waals surface area contributed by atoms with Crippen LogP contribution in [0.1, 0.15) is 28.8 Å². The quantitative estimate of drug-likeness (QED) is 0.569. The van der Waals surface area contributed by atoms with Crippen LogP contribution in [0.4, 0.5) is 0 Å². The van der Waals surface area contributed by atoms with Crippen LogP contribution in [0, 0.1) is 18.3 Å². The van der Waals surface area contributed by atoms with E-state index in [0.29, 0.717) is 28.9 Å². The Kier molecular flexibility index (Phi) is 4.15. The molecule has 0 aromatic carbocycles. The van der Waals surface area contributed by atoms with Gasteiger partial charge >= 0.3 is 0 Å². The monoisotopic (exact) mass is 477 g/mol. The zero-order chi connectivity index (χ0) is 21.2. The lowest BCUT2D eigenvalue weighted by Crippen LogP contribution is -2.59. The van der Waals surface area contributed by atoms with Gasteiger partial charge in [-0.15, -0.1) is 0 Å². The molecule has 1 saturated heterocycles. The number of ether oxygens (including phenoxy) is 1. The largest absolute Gasteiger partial charge is 0.472 e. The first-order valence-corrected chi connectivity index (χ1v) is 11.2. The summed E-state index contributed by atoms with van der Waals surface area (Å²) in [5, 5.41) is 0. The summed E-state index contributed by atoms with van der Waals surface area (Å²) in [6.07, 6.45) is 8.92. The van der Waals surface area contributed by atoms with Gasteiger partial charge in [0.15, 0.2) is 5.82 Å². The van der Waals surface area contributed by atoms with Crippen molar-refractivity contribution in [1.29, 1.82) is 0 Å². The van der Waals surface area contributed by atoms with E-state index < -0.39 is 0 Å². The third-order valence-electron chi connectivity index (χ3n) is 6.82. The molecule has 7 nitrogen and oxygen atoms in total. The van der Waals surface area contributed by atoms with Crippen molar-refractivity contribution in [3.05, 3.63) is 64.7 Å². The Labute approximate surface area is 188 Å². The normalized spacial score (nSPS) is 27.8. The molecule has 1 spiro atoms. The van der Waals surface area contributed by atoms with Crippen LogP contribution in [0.25, 0.3) is 11.5 Å². The highest BCUT2D eigenvalue weighted by Gasteiger charge is 2.76. The molecule has 4 atom stereocenters. The maximum Gasteiger partial charge on any atom is 0.256 e. The molecule has 3 aromatic rings. The van der Waals surface area contributed by atoms with E-state index in [-0.39, 0.29) is 23.5 Å². The topological polar surface area (TPSA) is 81.1 Å². The first kappa shape index (κ1) is 18.9. The molecule has 2 aliphatic carbocycles. The lowest BCUT2D eigenvalue weighted by molar-refractivity contribution is -0.0345. The Balaban J connectivity index is 1.31. The number of amides is 1. The fourth-order valence-corrected chi connectivity index (χ4v) is 5.56. The molecule has 0 N–H and O–H groups in total. The third kappa shape index (κ3) is 2.96. The van der Waals surface area contributed by atoms with Gasteiger partial charge in [0.05, 0.1) is 11.6 Å². The van der Waals surface area contributed by atoms with Crippen LogP contribution < -0.4 is 4.74 Å². The minimum Gasteiger partial charge on any atom is -0.472 e. The highest BCUT2D eigenvalue weighted by molar-refractivity contribution is 9.10. The van der Waals surface area contributed by atoms with Gasteiger partial charge < -0.3 is 9.64 Å². The molecule has 31 heavy (non-hydrogen) atoms. The molecule has 3 aliphatic rings. The van der Waals surface area contributed by atoms with E-state index in [2.05, 4.69) is 35.9 Å². The Morgan fingerprint density at radius 1 is 1.16 bits per heavy atom. The maximum atomic E-state index is 13.7. The van der Waals surface area contributed by atoms with Gasteiger partial charge in [0.2, 0.25) is 5.88 Å². The molecule has 8 heteroatoms. The molecular weight excluding hydrogens is 458 g/mol. The van der Waals surface area contributed by atoms with E-state index in [1.165, 1.54) is 6.42 Å². The second kappa shape index (κ2) is 6.82. The highest BCUT2D eigenvalue weighted by atomic mass is 79.9. The van der Waals surface area contributed by atoms with Crippen LogP contribution in [0.5, 0.6) is 5.88 Å². The van der Waals surface area contributed by atoms with Crippen LogP contribution in [-0.4, -0.2) is 49.4 Å². The number of carbonyl (C=O) groups is 1. The highest BCUT2D eigenvalue weighted by Crippen LogP contribution is 2.71. The average molecular weight is 478 g/mol. The van der Waals surface area contributed by atoms with Gasteiger partial charge in [-0.3, -0.25) is 9.78 Å². The summed E-state index contributed by atoms with van der Waals surface area (Å²) in [7, 11) is 0. The van der Waals surface area contributed by atoms with Crippen molar-refractivity contribution in [2.75, 3.05) is 6.54 Å². The Morgan fingerprint density at radius 3 is 2.77 bits per heavy atom. The standard InChI is InChI=1S/C23H20BrN5O2/c1-13-7-16(19(28-10-13)21-25-5-2-6-26-21)22(30)29-12-14-8-23(14)9-17(20(23)29)31-18-4-3-15(24)11-27-18/h2-7,10-11,14,17,20H,8-9,12H2,1H3. The molecule has 4 heterocycles. The van der Waals surface area contributed by atoms with Gasteiger partial charge in [0.25, 0.3) is 5.91 Å². The Hall–Kier alpha value is -2.87. The minimum atomic E-state index is -0.0423. The smallest absolute Gasteiger partial charge is 0.256 e. The predicted molar refractivity (Wildman–Crippen MR) is 116 cm³/mol. The molecule has 0 radical (unpaired) electrons. The van der Waals surface area contributed by atoms with Crippen LogP contribution in [0.2, 0.25) is 0 Å². The number of carbonyl (C=O) groups excluding carboxylic acids is 1. The molecule has 4 unspecified atom stereocenters. The minimum absolute atomic E-state index is 0.0210. The van der Waals surface area contributed by atoms with E-state index >= 15 is 0 Å². The fraction of sp³-hybridized carbons (Fsp3) is 0.348. The molecule has 6 rings (SSSR count). The van der Waals surface area contributed by atoms with E-state index in [1.807, 2.05) is 30.0 Å². The number of halogens is 1. The first-order valence-electron chi connectivity index (χ1n) is 10.4. The van der Waals surface area contributed by atoms with Crippen LogP contribution in [0.15, 0.2) is 53.5 Å². The van der Waals surface area contributed by atoms with Crippen molar-refractivity contribution >= 4 is 21.8 Å². The van der Waals surface area contributed by atoms with Crippen LogP contribution in [0.3, 0.4) is 0 Å². The Morgan fingerprint density at radius 2 is 2.00 bits per heavy atom. The first-order chi connectivity index (χ1) is 15.0. The van der Waals surface area contributed by atoms with Crippen molar-refractivity contribution in [2.24, 2.45) is 11.3 Å². The average Bonchev–Trinajstić information content (AvgIpc) is 3.43. The number of piperidine rings is 1. The van der Waals surface area contributed by atoms with Crippen molar-refractivity contribution in [1.82, 2.24) is 24.8 Å². The van der Waals surface area contributed by atoms with Gasteiger partial charge in [0, 0.05) is 47.3 Å². The number of rotatable bonds is 4. The van der Waals surface area contributed by atoms with E-state index in [4.69, 9.17) is 4.74 Å². The van der Waals surface area contributed by atoms with E-state index in [1.54, 1.807) is 30.9 Å². The van der Waals surface area contributed by atoms with Gasteiger partial charge in [-0.25, -0.2) is 15.0 Å². The number of aromatic nitrogens is 4. The number of nitrogens with zero attached hydrogens (tertiary/aromatic N) is 5. The molecule has 3 aromatic heterocycles. The summed E-state index contributed by atoms with van der Waals surface area (Å²) in [6.45, 7) is 2.71. The number of hydrogen-bond acceptors (Lipinski definition) is 6. The second-order valence-corrected chi connectivity index (χ2v) is 9.61. The van der Waals surface area contributed by atoms with Crippen molar-refractivity contribution in [3.63, 3.8) is 0 Å². The summed E-state index contributed by atoms with van der Waals surface area (Å²) in [5.41, 5.74) is 2.23. The van der Waals surface area contributed by atoms with Gasteiger partial charge in [-0.1, -0.05) is 0 Å². The predicted octanol–water partition coefficient (Wildman–Crippen LogP) is 3.69. The second-order valence-electron chi connectivity index (χ2n) is 8.69. The van der Waals surface area contributed by atoms with Gasteiger partial charge in [-0.05, 0) is 65.4 Å². The summed E-state index contributed by atoms with van der Waals surface area (Å²) in [5.74, 6) is 1.60. The number of aryl methyl sites for hydroxylation is 1.